The van der Waals surface area contributed by atoms with Crippen LogP contribution in [0.5, 0.6) is 0 Å². The monoisotopic (exact) mass is 310 g/mol. The molecule has 3 heterocycles. The average Bonchev–Trinajstić information content (AvgIpc) is 2.86. The van der Waals surface area contributed by atoms with Gasteiger partial charge in [0, 0.05) is 45.6 Å². The first-order valence-electron chi connectivity index (χ1n) is 7.57. The van der Waals surface area contributed by atoms with Crippen LogP contribution in [0.3, 0.4) is 0 Å². The number of anilines is 1. The molecule has 0 N–H and O–H groups in total. The van der Waals surface area contributed by atoms with Gasteiger partial charge in [0.15, 0.2) is 0 Å². The Morgan fingerprint density at radius 2 is 2.09 bits per heavy atom. The summed E-state index contributed by atoms with van der Waals surface area (Å²) in [6.45, 7) is 2.93. The lowest BCUT2D eigenvalue weighted by Gasteiger charge is -2.22. The van der Waals surface area contributed by atoms with Crippen LogP contribution >= 0.6 is 0 Å². The highest BCUT2D eigenvalue weighted by Gasteiger charge is 2.22. The lowest BCUT2D eigenvalue weighted by molar-refractivity contribution is 0.0756. The molecule has 118 valence electrons. The molecule has 0 radical (unpaired) electrons. The zero-order chi connectivity index (χ0) is 16.2. The molecule has 2 aromatic heterocycles. The molecule has 0 unspecified atom stereocenters. The van der Waals surface area contributed by atoms with E-state index in [4.69, 9.17) is 5.26 Å². The van der Waals surface area contributed by atoms with Gasteiger partial charge in [-0.05, 0) is 24.6 Å². The number of nitrogens with zero attached hydrogens (tertiary/aromatic N) is 6. The molecule has 23 heavy (non-hydrogen) atoms. The fraction of sp³-hybridized carbons (Fsp3) is 0.375. The van der Waals surface area contributed by atoms with Crippen molar-refractivity contribution in [2.24, 2.45) is 7.05 Å². The predicted octanol–water partition coefficient (Wildman–Crippen LogP) is 1.04. The molecule has 0 aliphatic carbocycles. The molecule has 1 saturated heterocycles. The van der Waals surface area contributed by atoms with Crippen molar-refractivity contribution in [2.45, 2.75) is 6.42 Å². The molecular formula is C16H18N6O. The summed E-state index contributed by atoms with van der Waals surface area (Å²) in [6.07, 6.45) is 4.10. The predicted molar refractivity (Wildman–Crippen MR) is 84.9 cm³/mol. The molecule has 1 amide bonds. The van der Waals surface area contributed by atoms with Crippen LogP contribution in [0.1, 0.15) is 22.5 Å². The topological polar surface area (TPSA) is 78.0 Å². The molecule has 1 aliphatic heterocycles. The highest BCUT2D eigenvalue weighted by molar-refractivity contribution is 5.92. The van der Waals surface area contributed by atoms with Crippen LogP contribution < -0.4 is 4.90 Å². The second-order valence-corrected chi connectivity index (χ2v) is 5.49. The molecule has 0 bridgehead atoms. The Bertz CT molecular complexity index is 730. The van der Waals surface area contributed by atoms with E-state index in [-0.39, 0.29) is 5.91 Å². The Kier molecular flexibility index (Phi) is 4.24. The molecule has 1 fully saturated rings. The third kappa shape index (κ3) is 3.16. The van der Waals surface area contributed by atoms with Crippen LogP contribution in [0, 0.1) is 11.3 Å². The zero-order valence-corrected chi connectivity index (χ0v) is 13.0. The van der Waals surface area contributed by atoms with Crippen molar-refractivity contribution in [3.63, 3.8) is 0 Å². The van der Waals surface area contributed by atoms with Gasteiger partial charge in [-0.3, -0.25) is 9.48 Å². The van der Waals surface area contributed by atoms with Crippen molar-refractivity contribution in [2.75, 3.05) is 31.1 Å². The number of pyridine rings is 1. The fourth-order valence-electron chi connectivity index (χ4n) is 2.73. The highest BCUT2D eigenvalue weighted by Crippen LogP contribution is 2.15. The maximum absolute atomic E-state index is 12.6. The Labute approximate surface area is 134 Å². The number of hydrogen-bond acceptors (Lipinski definition) is 5. The third-order valence-electron chi connectivity index (χ3n) is 4.02. The third-order valence-corrected chi connectivity index (χ3v) is 4.02. The van der Waals surface area contributed by atoms with Crippen LogP contribution in [0.2, 0.25) is 0 Å². The first-order chi connectivity index (χ1) is 11.2. The van der Waals surface area contributed by atoms with Gasteiger partial charge in [0.05, 0.1) is 5.56 Å². The van der Waals surface area contributed by atoms with Gasteiger partial charge in [-0.15, -0.1) is 0 Å². The van der Waals surface area contributed by atoms with E-state index in [2.05, 4.69) is 21.1 Å². The van der Waals surface area contributed by atoms with Crippen molar-refractivity contribution in [1.29, 1.82) is 5.26 Å². The van der Waals surface area contributed by atoms with E-state index >= 15 is 0 Å². The molecular weight excluding hydrogens is 292 g/mol. The SMILES string of the molecule is Cn1nccc1C(=O)N1CCCN(c2ccc(C#N)cn2)CC1. The van der Waals surface area contributed by atoms with E-state index < -0.39 is 0 Å². The first kappa shape index (κ1) is 15.0. The van der Waals surface area contributed by atoms with Crippen LogP contribution in [0.4, 0.5) is 5.82 Å². The van der Waals surface area contributed by atoms with Crippen LogP contribution in [-0.2, 0) is 7.05 Å². The standard InChI is InChI=1S/C16H18N6O/c1-20-14(5-6-19-20)16(23)22-8-2-7-21(9-10-22)15-4-3-13(11-17)12-18-15/h3-6,12H,2,7-10H2,1H3. The van der Waals surface area contributed by atoms with Crippen molar-refractivity contribution in [1.82, 2.24) is 19.7 Å². The molecule has 1 aliphatic rings. The summed E-state index contributed by atoms with van der Waals surface area (Å²) in [5.41, 5.74) is 1.16. The quantitative estimate of drug-likeness (QED) is 0.828. The summed E-state index contributed by atoms with van der Waals surface area (Å²) in [5.74, 6) is 0.860. The number of aryl methyl sites for hydroxylation is 1. The van der Waals surface area contributed by atoms with Crippen molar-refractivity contribution >= 4 is 11.7 Å². The lowest BCUT2D eigenvalue weighted by Crippen LogP contribution is -2.36. The molecule has 7 heteroatoms. The second kappa shape index (κ2) is 6.48. The number of carbonyl (C=O) groups excluding carboxylic acids is 1. The number of hydrogen-bond donors (Lipinski definition) is 0. The van der Waals surface area contributed by atoms with E-state index in [1.54, 1.807) is 36.3 Å². The summed E-state index contributed by atoms with van der Waals surface area (Å²) >= 11 is 0. The van der Waals surface area contributed by atoms with E-state index in [0.717, 1.165) is 31.9 Å². The smallest absolute Gasteiger partial charge is 0.272 e. The molecule has 7 nitrogen and oxygen atoms in total. The highest BCUT2D eigenvalue weighted by atomic mass is 16.2. The van der Waals surface area contributed by atoms with Gasteiger partial charge in [-0.2, -0.15) is 10.4 Å². The van der Waals surface area contributed by atoms with Gasteiger partial charge in [-0.25, -0.2) is 4.98 Å². The van der Waals surface area contributed by atoms with Crippen molar-refractivity contribution in [3.8, 4) is 6.07 Å². The Hall–Kier alpha value is -2.88. The summed E-state index contributed by atoms with van der Waals surface area (Å²) in [5, 5.41) is 12.9. The first-order valence-corrected chi connectivity index (χ1v) is 7.57. The summed E-state index contributed by atoms with van der Waals surface area (Å²) in [6, 6.07) is 7.44. The van der Waals surface area contributed by atoms with Crippen LogP contribution in [0.25, 0.3) is 0 Å². The summed E-state index contributed by atoms with van der Waals surface area (Å²) < 4.78 is 1.60. The van der Waals surface area contributed by atoms with Gasteiger partial charge < -0.3 is 9.80 Å². The number of aromatic nitrogens is 3. The minimum atomic E-state index is 0.0136. The maximum Gasteiger partial charge on any atom is 0.272 e. The average molecular weight is 310 g/mol. The molecule has 0 aromatic carbocycles. The number of carbonyl (C=O) groups is 1. The molecule has 2 aromatic rings. The van der Waals surface area contributed by atoms with Gasteiger partial charge in [0.2, 0.25) is 0 Å². The van der Waals surface area contributed by atoms with E-state index in [1.807, 2.05) is 11.0 Å². The van der Waals surface area contributed by atoms with Gasteiger partial charge in [0.1, 0.15) is 17.6 Å². The van der Waals surface area contributed by atoms with Gasteiger partial charge in [0.25, 0.3) is 5.91 Å². The van der Waals surface area contributed by atoms with Crippen molar-refractivity contribution < 1.29 is 4.79 Å². The summed E-state index contributed by atoms with van der Waals surface area (Å²) in [7, 11) is 1.78. The lowest BCUT2D eigenvalue weighted by atomic mass is 10.3. The van der Waals surface area contributed by atoms with Crippen LogP contribution in [0.15, 0.2) is 30.6 Å². The van der Waals surface area contributed by atoms with E-state index in [1.165, 1.54) is 0 Å². The Balaban J connectivity index is 1.68. The number of amides is 1. The van der Waals surface area contributed by atoms with Crippen molar-refractivity contribution in [3.05, 3.63) is 41.9 Å². The van der Waals surface area contributed by atoms with E-state index in [9.17, 15) is 4.79 Å². The second-order valence-electron chi connectivity index (χ2n) is 5.49. The molecule has 0 saturated carbocycles. The summed E-state index contributed by atoms with van der Waals surface area (Å²) in [4.78, 5) is 20.9. The Morgan fingerprint density at radius 1 is 1.22 bits per heavy atom. The van der Waals surface area contributed by atoms with Crippen LogP contribution in [-0.4, -0.2) is 51.8 Å². The fourth-order valence-corrected chi connectivity index (χ4v) is 2.73. The number of nitriles is 1. The minimum Gasteiger partial charge on any atom is -0.355 e. The Morgan fingerprint density at radius 3 is 2.74 bits per heavy atom. The van der Waals surface area contributed by atoms with E-state index in [0.29, 0.717) is 17.8 Å². The zero-order valence-electron chi connectivity index (χ0n) is 13.0. The molecule has 3 rings (SSSR count). The van der Waals surface area contributed by atoms with Gasteiger partial charge >= 0.3 is 0 Å². The normalized spacial score (nSPS) is 15.1. The minimum absolute atomic E-state index is 0.0136. The molecule has 0 atom stereocenters. The largest absolute Gasteiger partial charge is 0.355 e. The number of rotatable bonds is 2. The van der Waals surface area contributed by atoms with Gasteiger partial charge in [-0.1, -0.05) is 0 Å². The maximum atomic E-state index is 12.6. The molecule has 0 spiro atoms.